The molecular weight excluding hydrogens is 270 g/mol. The molecule has 0 aromatic carbocycles. The maximum Gasteiger partial charge on any atom is 0.225 e. The molecule has 0 saturated carbocycles. The number of rotatable bonds is 4. The summed E-state index contributed by atoms with van der Waals surface area (Å²) >= 11 is 1.77. The topological polar surface area (TPSA) is 53.9 Å². The highest BCUT2D eigenvalue weighted by Gasteiger charge is 2.30. The van der Waals surface area contributed by atoms with Gasteiger partial charge >= 0.3 is 0 Å². The smallest absolute Gasteiger partial charge is 0.225 e. The molecule has 0 bridgehead atoms. The third-order valence-corrected chi connectivity index (χ3v) is 4.45. The lowest BCUT2D eigenvalue weighted by Gasteiger charge is -2.40. The fourth-order valence-corrected chi connectivity index (χ4v) is 3.50. The Kier molecular flexibility index (Phi) is 3.67. The van der Waals surface area contributed by atoms with E-state index in [1.54, 1.807) is 23.7 Å². The summed E-state index contributed by atoms with van der Waals surface area (Å²) in [5.74, 6) is 0.818. The molecule has 0 amide bonds. The van der Waals surface area contributed by atoms with Crippen molar-refractivity contribution in [2.24, 2.45) is 0 Å². The van der Waals surface area contributed by atoms with E-state index in [1.807, 2.05) is 6.07 Å². The Labute approximate surface area is 123 Å². The Balaban J connectivity index is 1.55. The monoisotopic (exact) mass is 289 g/mol. The van der Waals surface area contributed by atoms with Crippen molar-refractivity contribution >= 4 is 17.3 Å². The van der Waals surface area contributed by atoms with Crippen LogP contribution in [-0.4, -0.2) is 34.1 Å². The van der Waals surface area contributed by atoms with Crippen LogP contribution in [0.5, 0.6) is 0 Å². The highest BCUT2D eigenvalue weighted by atomic mass is 32.1. The number of aromatic nitrogens is 3. The number of aryl methyl sites for hydroxylation is 2. The highest BCUT2D eigenvalue weighted by Crippen LogP contribution is 2.24. The molecule has 20 heavy (non-hydrogen) atoms. The van der Waals surface area contributed by atoms with Crippen LogP contribution in [0.1, 0.15) is 28.5 Å². The molecule has 1 aliphatic rings. The quantitative estimate of drug-likeness (QED) is 0.934. The normalized spacial score (nSPS) is 17.1. The van der Waals surface area contributed by atoms with Crippen LogP contribution in [0, 0.1) is 13.8 Å². The zero-order chi connectivity index (χ0) is 14.1. The first kappa shape index (κ1) is 13.5. The Morgan fingerprint density at radius 1 is 1.30 bits per heavy atom. The second-order valence-corrected chi connectivity index (χ2v) is 6.62. The van der Waals surface area contributed by atoms with Crippen LogP contribution in [0.25, 0.3) is 0 Å². The fourth-order valence-electron chi connectivity index (χ4n) is 2.58. The second-order valence-electron chi connectivity index (χ2n) is 5.21. The summed E-state index contributed by atoms with van der Waals surface area (Å²) in [6, 6.07) is 2.62. The second kappa shape index (κ2) is 5.46. The number of nitrogens with one attached hydrogen (secondary N) is 1. The van der Waals surface area contributed by atoms with Gasteiger partial charge in [-0.15, -0.1) is 11.3 Å². The Bertz CT molecular complexity index is 577. The average molecular weight is 289 g/mol. The molecule has 2 aromatic heterocycles. The SMILES string of the molecule is Cc1nc(C(C)NC2CN(c3ncccn3)C2)c(C)s1. The predicted octanol–water partition coefficient (Wildman–Crippen LogP) is 2.09. The summed E-state index contributed by atoms with van der Waals surface area (Å²) in [6.07, 6.45) is 3.57. The number of nitrogens with zero attached hydrogens (tertiary/aromatic N) is 4. The molecule has 3 heterocycles. The van der Waals surface area contributed by atoms with Crippen LogP contribution >= 0.6 is 11.3 Å². The molecule has 0 spiro atoms. The van der Waals surface area contributed by atoms with E-state index in [0.717, 1.165) is 24.0 Å². The highest BCUT2D eigenvalue weighted by molar-refractivity contribution is 7.11. The molecule has 1 fully saturated rings. The van der Waals surface area contributed by atoms with Crippen molar-refractivity contribution in [1.29, 1.82) is 0 Å². The first-order valence-electron chi connectivity index (χ1n) is 6.85. The van der Waals surface area contributed by atoms with E-state index in [-0.39, 0.29) is 0 Å². The summed E-state index contributed by atoms with van der Waals surface area (Å²) in [7, 11) is 0. The van der Waals surface area contributed by atoms with Crippen molar-refractivity contribution < 1.29 is 0 Å². The van der Waals surface area contributed by atoms with Gasteiger partial charge < -0.3 is 10.2 Å². The predicted molar refractivity (Wildman–Crippen MR) is 81.2 cm³/mol. The molecule has 106 valence electrons. The lowest BCUT2D eigenvalue weighted by Crippen LogP contribution is -2.59. The van der Waals surface area contributed by atoms with E-state index in [2.05, 4.69) is 45.9 Å². The van der Waals surface area contributed by atoms with Gasteiger partial charge in [-0.1, -0.05) is 0 Å². The molecule has 1 aliphatic heterocycles. The van der Waals surface area contributed by atoms with Crippen molar-refractivity contribution in [3.05, 3.63) is 34.0 Å². The van der Waals surface area contributed by atoms with Crippen LogP contribution in [0.3, 0.4) is 0 Å². The fraction of sp³-hybridized carbons (Fsp3) is 0.500. The zero-order valence-corrected chi connectivity index (χ0v) is 12.8. The third-order valence-electron chi connectivity index (χ3n) is 3.55. The lowest BCUT2D eigenvalue weighted by atomic mass is 10.1. The number of hydrogen-bond acceptors (Lipinski definition) is 6. The summed E-state index contributed by atoms with van der Waals surface area (Å²) in [5.41, 5.74) is 1.18. The molecule has 1 saturated heterocycles. The Morgan fingerprint density at radius 2 is 2.00 bits per heavy atom. The van der Waals surface area contributed by atoms with Gasteiger partial charge in [-0.2, -0.15) is 0 Å². The maximum atomic E-state index is 4.62. The van der Waals surface area contributed by atoms with Gasteiger partial charge in [0.05, 0.1) is 10.7 Å². The van der Waals surface area contributed by atoms with Crippen LogP contribution in [0.15, 0.2) is 18.5 Å². The summed E-state index contributed by atoms with van der Waals surface area (Å²) in [6.45, 7) is 8.30. The molecule has 0 aliphatic carbocycles. The number of hydrogen-bond donors (Lipinski definition) is 1. The lowest BCUT2D eigenvalue weighted by molar-refractivity contribution is 0.375. The number of anilines is 1. The molecule has 6 heteroatoms. The van der Waals surface area contributed by atoms with Gasteiger partial charge in [0.2, 0.25) is 5.95 Å². The van der Waals surface area contributed by atoms with Gasteiger partial charge in [-0.25, -0.2) is 15.0 Å². The van der Waals surface area contributed by atoms with E-state index in [1.165, 1.54) is 10.6 Å². The molecule has 1 unspecified atom stereocenters. The number of thiazole rings is 1. The van der Waals surface area contributed by atoms with Crippen molar-refractivity contribution in [3.63, 3.8) is 0 Å². The first-order chi connectivity index (χ1) is 9.63. The van der Waals surface area contributed by atoms with Gasteiger partial charge in [-0.3, -0.25) is 0 Å². The van der Waals surface area contributed by atoms with E-state index < -0.39 is 0 Å². The molecule has 2 aromatic rings. The summed E-state index contributed by atoms with van der Waals surface area (Å²) in [4.78, 5) is 16.6. The van der Waals surface area contributed by atoms with Gasteiger partial charge in [0, 0.05) is 42.4 Å². The van der Waals surface area contributed by atoms with Crippen molar-refractivity contribution in [2.45, 2.75) is 32.9 Å². The molecule has 3 rings (SSSR count). The van der Waals surface area contributed by atoms with Crippen molar-refractivity contribution in [2.75, 3.05) is 18.0 Å². The zero-order valence-electron chi connectivity index (χ0n) is 12.0. The van der Waals surface area contributed by atoms with E-state index in [9.17, 15) is 0 Å². The van der Waals surface area contributed by atoms with Crippen molar-refractivity contribution in [3.8, 4) is 0 Å². The maximum absolute atomic E-state index is 4.62. The standard InChI is InChI=1S/C14H19N5S/c1-9(13-10(2)20-11(3)18-13)17-12-7-19(8-12)14-15-5-4-6-16-14/h4-6,9,12,17H,7-8H2,1-3H3. The van der Waals surface area contributed by atoms with Gasteiger partial charge in [0.15, 0.2) is 0 Å². The third kappa shape index (κ3) is 2.66. The molecule has 5 nitrogen and oxygen atoms in total. The minimum absolute atomic E-state index is 0.295. The molecular formula is C14H19N5S. The van der Waals surface area contributed by atoms with Gasteiger partial charge in [0.25, 0.3) is 0 Å². The largest absolute Gasteiger partial charge is 0.338 e. The molecule has 0 radical (unpaired) electrons. The van der Waals surface area contributed by atoms with E-state index in [0.29, 0.717) is 12.1 Å². The Morgan fingerprint density at radius 3 is 2.60 bits per heavy atom. The average Bonchev–Trinajstić information content (AvgIpc) is 2.73. The van der Waals surface area contributed by atoms with E-state index >= 15 is 0 Å². The van der Waals surface area contributed by atoms with Crippen LogP contribution < -0.4 is 10.2 Å². The van der Waals surface area contributed by atoms with Gasteiger partial charge in [-0.05, 0) is 26.8 Å². The first-order valence-corrected chi connectivity index (χ1v) is 7.67. The molecule has 1 N–H and O–H groups in total. The summed E-state index contributed by atoms with van der Waals surface area (Å²) in [5, 5.41) is 4.77. The van der Waals surface area contributed by atoms with E-state index in [4.69, 9.17) is 0 Å². The molecule has 1 atom stereocenters. The van der Waals surface area contributed by atoms with Crippen LogP contribution in [0.2, 0.25) is 0 Å². The van der Waals surface area contributed by atoms with Crippen LogP contribution in [-0.2, 0) is 0 Å². The van der Waals surface area contributed by atoms with Gasteiger partial charge in [0.1, 0.15) is 0 Å². The van der Waals surface area contributed by atoms with Crippen molar-refractivity contribution in [1.82, 2.24) is 20.3 Å². The van der Waals surface area contributed by atoms with Crippen LogP contribution in [0.4, 0.5) is 5.95 Å². The summed E-state index contributed by atoms with van der Waals surface area (Å²) < 4.78 is 0. The minimum Gasteiger partial charge on any atom is -0.338 e. The Hall–Kier alpha value is -1.53. The minimum atomic E-state index is 0.295.